The third-order valence-electron chi connectivity index (χ3n) is 2.67. The molecule has 0 aliphatic carbocycles. The molecule has 1 N–H and O–H groups in total. The van der Waals surface area contributed by atoms with E-state index in [2.05, 4.69) is 10.3 Å². The highest BCUT2D eigenvalue weighted by molar-refractivity contribution is 5.92. The Kier molecular flexibility index (Phi) is 3.41. The molecular formula is C12H18N2O4. The molecule has 0 saturated carbocycles. The fourth-order valence-electron chi connectivity index (χ4n) is 1.89. The number of nitrogens with zero attached hydrogens (tertiary/aromatic N) is 1. The van der Waals surface area contributed by atoms with Gasteiger partial charge in [-0.05, 0) is 20.8 Å². The summed E-state index contributed by atoms with van der Waals surface area (Å²) < 4.78 is 16.2. The zero-order valence-corrected chi connectivity index (χ0v) is 11.1. The number of hydrogen-bond acceptors (Lipinski definition) is 5. The maximum Gasteiger partial charge on any atom is 0.289 e. The molecule has 0 aromatic carbocycles. The number of oxazole rings is 1. The molecule has 1 saturated heterocycles. The normalized spacial score (nSPS) is 22.1. The Morgan fingerprint density at radius 3 is 2.72 bits per heavy atom. The number of rotatable bonds is 3. The van der Waals surface area contributed by atoms with Gasteiger partial charge in [0.05, 0.1) is 12.3 Å². The lowest BCUT2D eigenvalue weighted by Gasteiger charge is -2.17. The maximum absolute atomic E-state index is 11.9. The molecule has 2 heterocycles. The van der Waals surface area contributed by atoms with E-state index in [1.165, 1.54) is 0 Å². The number of aromatic nitrogens is 1. The molecule has 0 spiro atoms. The Hall–Kier alpha value is -1.40. The van der Waals surface area contributed by atoms with Gasteiger partial charge in [-0.1, -0.05) is 0 Å². The minimum Gasteiger partial charge on any atom is -0.436 e. The van der Waals surface area contributed by atoms with Crippen LogP contribution in [0.5, 0.6) is 0 Å². The molecule has 1 aliphatic heterocycles. The average molecular weight is 254 g/mol. The molecule has 0 radical (unpaired) electrons. The molecular weight excluding hydrogens is 236 g/mol. The summed E-state index contributed by atoms with van der Waals surface area (Å²) in [6.45, 7) is 8.00. The van der Waals surface area contributed by atoms with Crippen LogP contribution in [0.3, 0.4) is 0 Å². The van der Waals surface area contributed by atoms with Gasteiger partial charge in [0.1, 0.15) is 6.10 Å². The summed E-state index contributed by atoms with van der Waals surface area (Å²) >= 11 is 0. The Bertz CT molecular complexity index is 453. The van der Waals surface area contributed by atoms with Crippen LogP contribution >= 0.6 is 0 Å². The highest BCUT2D eigenvalue weighted by Gasteiger charge is 2.32. The molecule has 1 fully saturated rings. The van der Waals surface area contributed by atoms with Crippen LogP contribution in [-0.2, 0) is 9.47 Å². The second-order valence-corrected chi connectivity index (χ2v) is 4.81. The molecule has 18 heavy (non-hydrogen) atoms. The van der Waals surface area contributed by atoms with E-state index in [4.69, 9.17) is 13.9 Å². The van der Waals surface area contributed by atoms with Crippen molar-refractivity contribution in [3.63, 3.8) is 0 Å². The smallest absolute Gasteiger partial charge is 0.289 e. The van der Waals surface area contributed by atoms with Crippen LogP contribution in [0.1, 0.15) is 36.0 Å². The van der Waals surface area contributed by atoms with Gasteiger partial charge in [-0.3, -0.25) is 4.79 Å². The van der Waals surface area contributed by atoms with Gasteiger partial charge in [-0.2, -0.15) is 0 Å². The van der Waals surface area contributed by atoms with Gasteiger partial charge in [0, 0.05) is 13.5 Å². The summed E-state index contributed by atoms with van der Waals surface area (Å²) in [6, 6.07) is 0. The average Bonchev–Trinajstić information content (AvgIpc) is 2.78. The zero-order valence-electron chi connectivity index (χ0n) is 11.1. The summed E-state index contributed by atoms with van der Waals surface area (Å²) in [6.07, 6.45) is -0.131. The Labute approximate surface area is 106 Å². The van der Waals surface area contributed by atoms with E-state index >= 15 is 0 Å². The number of aryl methyl sites for hydroxylation is 2. The van der Waals surface area contributed by atoms with Gasteiger partial charge < -0.3 is 19.2 Å². The highest BCUT2D eigenvalue weighted by Crippen LogP contribution is 2.21. The molecule has 6 heteroatoms. The van der Waals surface area contributed by atoms with Crippen LogP contribution in [0, 0.1) is 13.8 Å². The molecule has 1 aromatic rings. The van der Waals surface area contributed by atoms with E-state index in [-0.39, 0.29) is 17.8 Å². The van der Waals surface area contributed by atoms with E-state index in [1.807, 2.05) is 13.8 Å². The van der Waals surface area contributed by atoms with Crippen molar-refractivity contribution in [2.45, 2.75) is 39.6 Å². The fraction of sp³-hybridized carbons (Fsp3) is 0.667. The van der Waals surface area contributed by atoms with Crippen molar-refractivity contribution in [1.82, 2.24) is 10.3 Å². The molecule has 0 bridgehead atoms. The van der Waals surface area contributed by atoms with Crippen LogP contribution in [0.15, 0.2) is 4.42 Å². The van der Waals surface area contributed by atoms with Crippen LogP contribution < -0.4 is 5.32 Å². The molecule has 1 aromatic heterocycles. The molecule has 1 unspecified atom stereocenters. The summed E-state index contributed by atoms with van der Waals surface area (Å²) in [5, 5.41) is 2.76. The van der Waals surface area contributed by atoms with Gasteiger partial charge in [0.15, 0.2) is 11.7 Å². The van der Waals surface area contributed by atoms with Gasteiger partial charge >= 0.3 is 0 Å². The first-order valence-corrected chi connectivity index (χ1v) is 5.91. The minimum atomic E-state index is -0.575. The van der Waals surface area contributed by atoms with E-state index in [9.17, 15) is 4.79 Å². The standard InChI is InChI=1S/C12H18N2O4/c1-7-10(17-8(2)14-7)11(15)13-5-9-6-16-12(3,4)18-9/h9H,5-6H2,1-4H3,(H,13,15). The number of hydrogen-bond donors (Lipinski definition) is 1. The van der Waals surface area contributed by atoms with Crippen molar-refractivity contribution in [3.8, 4) is 0 Å². The zero-order chi connectivity index (χ0) is 13.3. The second-order valence-electron chi connectivity index (χ2n) is 4.81. The number of carbonyl (C=O) groups is 1. The summed E-state index contributed by atoms with van der Waals surface area (Å²) in [5.41, 5.74) is 0.592. The Morgan fingerprint density at radius 2 is 2.22 bits per heavy atom. The number of nitrogens with one attached hydrogen (secondary N) is 1. The first-order chi connectivity index (χ1) is 8.37. The topological polar surface area (TPSA) is 73.6 Å². The first-order valence-electron chi connectivity index (χ1n) is 5.91. The predicted molar refractivity (Wildman–Crippen MR) is 63.2 cm³/mol. The van der Waals surface area contributed by atoms with Gasteiger partial charge in [0.2, 0.25) is 5.76 Å². The largest absolute Gasteiger partial charge is 0.436 e. The van der Waals surface area contributed by atoms with Gasteiger partial charge in [-0.15, -0.1) is 0 Å². The fourth-order valence-corrected chi connectivity index (χ4v) is 1.89. The van der Waals surface area contributed by atoms with Gasteiger partial charge in [-0.25, -0.2) is 4.98 Å². The third-order valence-corrected chi connectivity index (χ3v) is 2.67. The lowest BCUT2D eigenvalue weighted by atomic mass is 10.3. The molecule has 6 nitrogen and oxygen atoms in total. The monoisotopic (exact) mass is 254 g/mol. The molecule has 1 atom stereocenters. The number of ether oxygens (including phenoxy) is 2. The lowest BCUT2D eigenvalue weighted by Crippen LogP contribution is -2.34. The lowest BCUT2D eigenvalue weighted by molar-refractivity contribution is -0.137. The SMILES string of the molecule is Cc1nc(C)c(C(=O)NCC2COC(C)(C)O2)o1. The van der Waals surface area contributed by atoms with Crippen LogP contribution in [0.4, 0.5) is 0 Å². The summed E-state index contributed by atoms with van der Waals surface area (Å²) in [7, 11) is 0. The number of carbonyl (C=O) groups excluding carboxylic acids is 1. The highest BCUT2D eigenvalue weighted by atomic mass is 16.7. The second kappa shape index (κ2) is 4.70. The predicted octanol–water partition coefficient (Wildman–Crippen LogP) is 1.17. The third kappa shape index (κ3) is 2.88. The van der Waals surface area contributed by atoms with Crippen molar-refractivity contribution < 1.29 is 18.7 Å². The summed E-state index contributed by atoms with van der Waals surface area (Å²) in [4.78, 5) is 15.9. The van der Waals surface area contributed by atoms with Crippen LogP contribution in [0.25, 0.3) is 0 Å². The van der Waals surface area contributed by atoms with Crippen molar-refractivity contribution in [2.75, 3.05) is 13.2 Å². The van der Waals surface area contributed by atoms with E-state index in [0.717, 1.165) is 0 Å². The van der Waals surface area contributed by atoms with E-state index < -0.39 is 5.79 Å². The van der Waals surface area contributed by atoms with Crippen LogP contribution in [0.2, 0.25) is 0 Å². The molecule has 2 rings (SSSR count). The maximum atomic E-state index is 11.9. The van der Waals surface area contributed by atoms with Crippen molar-refractivity contribution in [1.29, 1.82) is 0 Å². The van der Waals surface area contributed by atoms with Gasteiger partial charge in [0.25, 0.3) is 5.91 Å². The van der Waals surface area contributed by atoms with Crippen molar-refractivity contribution in [2.24, 2.45) is 0 Å². The molecule has 100 valence electrons. The summed E-state index contributed by atoms with van der Waals surface area (Å²) in [5.74, 6) is -0.111. The quantitative estimate of drug-likeness (QED) is 0.876. The van der Waals surface area contributed by atoms with Crippen molar-refractivity contribution in [3.05, 3.63) is 17.3 Å². The van der Waals surface area contributed by atoms with Crippen LogP contribution in [-0.4, -0.2) is 35.9 Å². The first kappa shape index (κ1) is 13.0. The van der Waals surface area contributed by atoms with E-state index in [1.54, 1.807) is 13.8 Å². The number of amides is 1. The molecule has 1 amide bonds. The van der Waals surface area contributed by atoms with Crippen molar-refractivity contribution >= 4 is 5.91 Å². The Morgan fingerprint density at radius 1 is 1.50 bits per heavy atom. The van der Waals surface area contributed by atoms with E-state index in [0.29, 0.717) is 24.7 Å². The minimum absolute atomic E-state index is 0.131. The Balaban J connectivity index is 1.88. The molecule has 1 aliphatic rings.